The van der Waals surface area contributed by atoms with Crippen LogP contribution in [0.5, 0.6) is 0 Å². The molecule has 3 N–H and O–H groups in total. The number of fused-ring (bicyclic) bond motifs is 1. The van der Waals surface area contributed by atoms with Crippen LogP contribution in [-0.4, -0.2) is 23.3 Å². The summed E-state index contributed by atoms with van der Waals surface area (Å²) in [6.45, 7) is 1.79. The van der Waals surface area contributed by atoms with Crippen molar-refractivity contribution in [2.24, 2.45) is 0 Å². The minimum absolute atomic E-state index is 0.380. The predicted molar refractivity (Wildman–Crippen MR) is 66.1 cm³/mol. The fraction of sp³-hybridized carbons (Fsp3) is 0.273. The molecular weight excluding hydrogens is 240 g/mol. The third-order valence-electron chi connectivity index (χ3n) is 2.70. The Bertz CT molecular complexity index is 618. The smallest absolute Gasteiger partial charge is 0.280 e. The van der Waals surface area contributed by atoms with Crippen molar-refractivity contribution >= 4 is 21.0 Å². The molecule has 2 aromatic rings. The maximum atomic E-state index is 10.8. The largest absolute Gasteiger partial charge is 0.361 e. The van der Waals surface area contributed by atoms with Gasteiger partial charge in [0.2, 0.25) is 0 Å². The fourth-order valence-corrected chi connectivity index (χ4v) is 1.93. The van der Waals surface area contributed by atoms with Gasteiger partial charge in [0, 0.05) is 23.6 Å². The molecule has 0 aliphatic rings. The molecule has 0 saturated heterocycles. The van der Waals surface area contributed by atoms with Crippen molar-refractivity contribution in [3.63, 3.8) is 0 Å². The quantitative estimate of drug-likeness (QED) is 0.722. The van der Waals surface area contributed by atoms with Crippen LogP contribution in [0.4, 0.5) is 0 Å². The van der Waals surface area contributed by atoms with Gasteiger partial charge in [0.25, 0.3) is 10.1 Å². The maximum Gasteiger partial charge on any atom is 0.280 e. The van der Waals surface area contributed by atoms with Crippen molar-refractivity contribution in [3.8, 4) is 0 Å². The molecule has 0 aliphatic carbocycles. The first-order chi connectivity index (χ1) is 7.98. The van der Waals surface area contributed by atoms with E-state index in [9.17, 15) is 8.42 Å². The zero-order valence-electron chi connectivity index (χ0n) is 9.34. The van der Waals surface area contributed by atoms with E-state index in [0.29, 0.717) is 6.54 Å². The summed E-state index contributed by atoms with van der Waals surface area (Å²) in [6.07, 6.45) is 1.83. The highest BCUT2D eigenvalue weighted by atomic mass is 32.2. The molecule has 0 radical (unpaired) electrons. The number of aromatic amines is 1. The highest BCUT2D eigenvalue weighted by Gasteiger charge is 2.16. The van der Waals surface area contributed by atoms with E-state index in [2.05, 4.69) is 10.3 Å². The third-order valence-corrected chi connectivity index (χ3v) is 3.76. The number of benzene rings is 1. The Morgan fingerprint density at radius 3 is 2.82 bits per heavy atom. The topological polar surface area (TPSA) is 82.2 Å². The van der Waals surface area contributed by atoms with Gasteiger partial charge < -0.3 is 4.98 Å². The molecule has 6 heteroatoms. The second kappa shape index (κ2) is 4.48. The van der Waals surface area contributed by atoms with Gasteiger partial charge in [0.1, 0.15) is 5.37 Å². The fourth-order valence-electron chi connectivity index (χ4n) is 1.64. The molecule has 1 unspecified atom stereocenters. The van der Waals surface area contributed by atoms with Crippen molar-refractivity contribution in [2.75, 3.05) is 0 Å². The van der Waals surface area contributed by atoms with Crippen molar-refractivity contribution in [3.05, 3.63) is 36.0 Å². The van der Waals surface area contributed by atoms with Crippen LogP contribution in [0.1, 0.15) is 12.5 Å². The minimum Gasteiger partial charge on any atom is -0.361 e. The van der Waals surface area contributed by atoms with E-state index in [1.54, 1.807) is 0 Å². The Hall–Kier alpha value is -1.37. The summed E-state index contributed by atoms with van der Waals surface area (Å²) in [6, 6.07) is 7.76. The SMILES string of the molecule is CC(NCc1c[nH]c2ccccc12)S(=O)(=O)O. The molecule has 1 aromatic carbocycles. The van der Waals surface area contributed by atoms with E-state index in [4.69, 9.17) is 4.55 Å². The molecule has 92 valence electrons. The zero-order chi connectivity index (χ0) is 12.5. The molecular formula is C11H14N2O3S. The Kier molecular flexibility index (Phi) is 3.19. The normalized spacial score (nSPS) is 14.0. The van der Waals surface area contributed by atoms with Crippen LogP contribution in [0, 0.1) is 0 Å². The summed E-state index contributed by atoms with van der Waals surface area (Å²) in [4.78, 5) is 3.10. The maximum absolute atomic E-state index is 10.8. The van der Waals surface area contributed by atoms with Crippen LogP contribution in [0.15, 0.2) is 30.5 Å². The highest BCUT2D eigenvalue weighted by molar-refractivity contribution is 7.86. The van der Waals surface area contributed by atoms with Crippen molar-refractivity contribution in [2.45, 2.75) is 18.8 Å². The molecule has 0 saturated carbocycles. The number of H-pyrrole nitrogens is 1. The van der Waals surface area contributed by atoms with Gasteiger partial charge in [-0.25, -0.2) is 0 Å². The Morgan fingerprint density at radius 1 is 1.41 bits per heavy atom. The monoisotopic (exact) mass is 254 g/mol. The first kappa shape index (κ1) is 12.1. The molecule has 0 amide bonds. The number of nitrogens with one attached hydrogen (secondary N) is 2. The summed E-state index contributed by atoms with van der Waals surface area (Å²) in [5.41, 5.74) is 1.97. The average Bonchev–Trinajstić information content (AvgIpc) is 2.68. The van der Waals surface area contributed by atoms with Gasteiger partial charge in [-0.2, -0.15) is 8.42 Å². The highest BCUT2D eigenvalue weighted by Crippen LogP contribution is 2.17. The van der Waals surface area contributed by atoms with Gasteiger partial charge in [-0.15, -0.1) is 0 Å². The number of aromatic nitrogens is 1. The molecule has 1 heterocycles. The second-order valence-electron chi connectivity index (χ2n) is 3.90. The Morgan fingerprint density at radius 2 is 2.12 bits per heavy atom. The number of rotatable bonds is 4. The molecule has 0 spiro atoms. The van der Waals surface area contributed by atoms with E-state index in [1.165, 1.54) is 6.92 Å². The lowest BCUT2D eigenvalue weighted by atomic mass is 10.2. The molecule has 0 aliphatic heterocycles. The molecule has 1 aromatic heterocycles. The van der Waals surface area contributed by atoms with Crippen LogP contribution in [0.2, 0.25) is 0 Å². The lowest BCUT2D eigenvalue weighted by molar-refractivity contribution is 0.455. The first-order valence-electron chi connectivity index (χ1n) is 5.23. The minimum atomic E-state index is -4.03. The van der Waals surface area contributed by atoms with Crippen molar-refractivity contribution < 1.29 is 13.0 Å². The first-order valence-corrected chi connectivity index (χ1v) is 6.73. The molecule has 17 heavy (non-hydrogen) atoms. The molecule has 2 rings (SSSR count). The van der Waals surface area contributed by atoms with E-state index < -0.39 is 15.5 Å². The molecule has 5 nitrogen and oxygen atoms in total. The van der Waals surface area contributed by atoms with Crippen molar-refractivity contribution in [1.82, 2.24) is 10.3 Å². The standard InChI is InChI=1S/C11H14N2O3S/c1-8(17(14,15)16)12-6-9-7-13-11-5-3-2-4-10(9)11/h2-5,7-8,12-13H,6H2,1H3,(H,14,15,16). The Labute approximate surface area is 99.6 Å². The Balaban J connectivity index is 2.15. The summed E-state index contributed by atoms with van der Waals surface area (Å²) < 4.78 is 30.5. The summed E-state index contributed by atoms with van der Waals surface area (Å²) in [5.74, 6) is 0. The lowest BCUT2D eigenvalue weighted by Crippen LogP contribution is -2.32. The van der Waals surface area contributed by atoms with Crippen LogP contribution >= 0.6 is 0 Å². The van der Waals surface area contributed by atoms with Gasteiger partial charge in [-0.05, 0) is 18.6 Å². The number of hydrogen-bond donors (Lipinski definition) is 3. The van der Waals surface area contributed by atoms with E-state index in [1.807, 2.05) is 30.5 Å². The van der Waals surface area contributed by atoms with Crippen LogP contribution in [0.3, 0.4) is 0 Å². The van der Waals surface area contributed by atoms with Gasteiger partial charge in [-0.1, -0.05) is 18.2 Å². The number of hydrogen-bond acceptors (Lipinski definition) is 3. The van der Waals surface area contributed by atoms with Crippen molar-refractivity contribution in [1.29, 1.82) is 0 Å². The third kappa shape index (κ3) is 2.66. The average molecular weight is 254 g/mol. The summed E-state index contributed by atoms with van der Waals surface area (Å²) >= 11 is 0. The van der Waals surface area contributed by atoms with E-state index >= 15 is 0 Å². The number of para-hydroxylation sites is 1. The summed E-state index contributed by atoms with van der Waals surface area (Å²) in [7, 11) is -4.03. The predicted octanol–water partition coefficient (Wildman–Crippen LogP) is 1.49. The van der Waals surface area contributed by atoms with Crippen LogP contribution < -0.4 is 5.32 Å². The van der Waals surface area contributed by atoms with E-state index in [-0.39, 0.29) is 0 Å². The molecule has 0 bridgehead atoms. The molecule has 1 atom stereocenters. The summed E-state index contributed by atoms with van der Waals surface area (Å²) in [5, 5.41) is 2.83. The lowest BCUT2D eigenvalue weighted by Gasteiger charge is -2.09. The van der Waals surface area contributed by atoms with Gasteiger partial charge in [-0.3, -0.25) is 9.87 Å². The zero-order valence-corrected chi connectivity index (χ0v) is 10.2. The molecule has 0 fully saturated rings. The van der Waals surface area contributed by atoms with Gasteiger partial charge >= 0.3 is 0 Å². The van der Waals surface area contributed by atoms with Gasteiger partial charge in [0.05, 0.1) is 0 Å². The van der Waals surface area contributed by atoms with Crippen LogP contribution in [-0.2, 0) is 16.7 Å². The van der Waals surface area contributed by atoms with E-state index in [0.717, 1.165) is 16.5 Å². The second-order valence-corrected chi connectivity index (χ2v) is 5.63. The van der Waals surface area contributed by atoms with Gasteiger partial charge in [0.15, 0.2) is 0 Å². The van der Waals surface area contributed by atoms with Crippen LogP contribution in [0.25, 0.3) is 10.9 Å².